The van der Waals surface area contributed by atoms with Gasteiger partial charge >= 0.3 is 0 Å². The van der Waals surface area contributed by atoms with Crippen LogP contribution in [0.3, 0.4) is 0 Å². The van der Waals surface area contributed by atoms with E-state index in [-0.39, 0.29) is 11.4 Å². The lowest BCUT2D eigenvalue weighted by atomic mass is 9.88. The van der Waals surface area contributed by atoms with Crippen LogP contribution in [0.2, 0.25) is 0 Å². The quantitative estimate of drug-likeness (QED) is 0.841. The molecule has 1 saturated carbocycles. The highest BCUT2D eigenvalue weighted by Gasteiger charge is 2.45. The van der Waals surface area contributed by atoms with E-state index in [2.05, 4.69) is 18.9 Å². The molecule has 1 aliphatic rings. The number of nitrogens with two attached hydrogens (primary N) is 1. The summed E-state index contributed by atoms with van der Waals surface area (Å²) in [7, 11) is 2.14. The molecule has 0 radical (unpaired) electrons. The van der Waals surface area contributed by atoms with Gasteiger partial charge in [0.05, 0.1) is 0 Å². The van der Waals surface area contributed by atoms with Gasteiger partial charge in [-0.15, -0.1) is 0 Å². The van der Waals surface area contributed by atoms with Crippen molar-refractivity contribution < 1.29 is 4.39 Å². The molecular weight excluding hydrogens is 227 g/mol. The molecule has 0 heterocycles. The van der Waals surface area contributed by atoms with Gasteiger partial charge < -0.3 is 5.73 Å². The molecule has 100 valence electrons. The van der Waals surface area contributed by atoms with Crippen LogP contribution in [0.5, 0.6) is 0 Å². The van der Waals surface area contributed by atoms with E-state index in [0.29, 0.717) is 6.54 Å². The van der Waals surface area contributed by atoms with Crippen molar-refractivity contribution in [2.45, 2.75) is 38.3 Å². The van der Waals surface area contributed by atoms with Crippen molar-refractivity contribution in [2.75, 3.05) is 13.6 Å². The molecule has 0 aromatic heterocycles. The van der Waals surface area contributed by atoms with E-state index in [0.717, 1.165) is 24.4 Å². The summed E-state index contributed by atoms with van der Waals surface area (Å²) in [5, 5.41) is 0. The van der Waals surface area contributed by atoms with Crippen LogP contribution in [0.1, 0.15) is 31.7 Å². The summed E-state index contributed by atoms with van der Waals surface area (Å²) in [5.41, 5.74) is 7.30. The van der Waals surface area contributed by atoms with Gasteiger partial charge in [-0.2, -0.15) is 0 Å². The van der Waals surface area contributed by atoms with Crippen molar-refractivity contribution in [1.82, 2.24) is 4.90 Å². The van der Waals surface area contributed by atoms with Gasteiger partial charge in [-0.05, 0) is 49.9 Å². The Bertz CT molecular complexity index is 380. The molecule has 0 bridgehead atoms. The van der Waals surface area contributed by atoms with E-state index in [1.54, 1.807) is 0 Å². The van der Waals surface area contributed by atoms with Crippen LogP contribution in [0.4, 0.5) is 4.39 Å². The minimum atomic E-state index is -0.177. The van der Waals surface area contributed by atoms with Gasteiger partial charge in [-0.25, -0.2) is 4.39 Å². The maximum atomic E-state index is 12.9. The molecule has 1 atom stereocenters. The van der Waals surface area contributed by atoms with Gasteiger partial charge in [0.15, 0.2) is 0 Å². The van der Waals surface area contributed by atoms with Crippen molar-refractivity contribution in [1.29, 1.82) is 0 Å². The number of halogens is 1. The monoisotopic (exact) mass is 250 g/mol. The molecule has 0 amide bonds. The van der Waals surface area contributed by atoms with Gasteiger partial charge in [-0.1, -0.05) is 19.1 Å². The van der Waals surface area contributed by atoms with Gasteiger partial charge in [-0.3, -0.25) is 4.90 Å². The summed E-state index contributed by atoms with van der Waals surface area (Å²) in [6.07, 6.45) is 3.66. The molecule has 18 heavy (non-hydrogen) atoms. The minimum Gasteiger partial charge on any atom is -0.329 e. The van der Waals surface area contributed by atoms with Crippen molar-refractivity contribution in [3.63, 3.8) is 0 Å². The highest BCUT2D eigenvalue weighted by Crippen LogP contribution is 2.44. The molecule has 2 nitrogen and oxygen atoms in total. The third-order valence-corrected chi connectivity index (χ3v) is 4.40. The van der Waals surface area contributed by atoms with Gasteiger partial charge in [0.2, 0.25) is 0 Å². The second kappa shape index (κ2) is 5.37. The summed E-state index contributed by atoms with van der Waals surface area (Å²) >= 11 is 0. The van der Waals surface area contributed by atoms with Crippen LogP contribution in [0.25, 0.3) is 0 Å². The van der Waals surface area contributed by atoms with Gasteiger partial charge in [0, 0.05) is 18.6 Å². The number of nitrogens with zero attached hydrogens (tertiary/aromatic N) is 1. The highest BCUT2D eigenvalue weighted by atomic mass is 19.1. The maximum absolute atomic E-state index is 12.9. The van der Waals surface area contributed by atoms with E-state index in [1.807, 2.05) is 12.1 Å². The fraction of sp³-hybridized carbons (Fsp3) is 0.600. The van der Waals surface area contributed by atoms with Crippen LogP contribution in [-0.2, 0) is 6.54 Å². The van der Waals surface area contributed by atoms with Crippen molar-refractivity contribution >= 4 is 0 Å². The van der Waals surface area contributed by atoms with Crippen molar-refractivity contribution in [3.05, 3.63) is 35.6 Å². The lowest BCUT2D eigenvalue weighted by Gasteiger charge is -2.41. The molecule has 1 aromatic carbocycles. The molecule has 1 aliphatic carbocycles. The fourth-order valence-electron chi connectivity index (χ4n) is 2.98. The lowest BCUT2D eigenvalue weighted by molar-refractivity contribution is 0.0891. The first kappa shape index (κ1) is 13.5. The second-order valence-electron chi connectivity index (χ2n) is 5.42. The largest absolute Gasteiger partial charge is 0.329 e. The molecule has 1 fully saturated rings. The zero-order chi connectivity index (χ0) is 13.2. The van der Waals surface area contributed by atoms with E-state index >= 15 is 0 Å². The van der Waals surface area contributed by atoms with E-state index < -0.39 is 0 Å². The van der Waals surface area contributed by atoms with E-state index in [9.17, 15) is 4.39 Å². The number of likely N-dealkylation sites (N-methyl/N-ethyl adjacent to an activating group) is 1. The first-order valence-corrected chi connectivity index (χ1v) is 6.78. The first-order valence-electron chi connectivity index (χ1n) is 6.78. The summed E-state index contributed by atoms with van der Waals surface area (Å²) < 4.78 is 12.9. The van der Waals surface area contributed by atoms with Crippen molar-refractivity contribution in [2.24, 2.45) is 11.7 Å². The molecule has 2 N–H and O–H groups in total. The third kappa shape index (κ3) is 2.57. The normalized spacial score (nSPS) is 18.9. The van der Waals surface area contributed by atoms with Crippen LogP contribution in [0, 0.1) is 11.7 Å². The Morgan fingerprint density at radius 3 is 2.39 bits per heavy atom. The molecular formula is C15H23FN2. The van der Waals surface area contributed by atoms with Gasteiger partial charge in [0.25, 0.3) is 0 Å². The summed E-state index contributed by atoms with van der Waals surface area (Å²) in [4.78, 5) is 2.36. The molecule has 0 spiro atoms. The summed E-state index contributed by atoms with van der Waals surface area (Å²) in [6.45, 7) is 3.75. The fourth-order valence-corrected chi connectivity index (χ4v) is 2.98. The molecule has 0 saturated heterocycles. The third-order valence-electron chi connectivity index (χ3n) is 4.40. The predicted molar refractivity (Wildman–Crippen MR) is 72.7 cm³/mol. The smallest absolute Gasteiger partial charge is 0.123 e. The number of benzene rings is 1. The molecule has 1 unspecified atom stereocenters. The maximum Gasteiger partial charge on any atom is 0.123 e. The lowest BCUT2D eigenvalue weighted by Crippen LogP contribution is -2.53. The minimum absolute atomic E-state index is 0.119. The Hall–Kier alpha value is -0.930. The standard InChI is InChI=1S/C15H23FN2/c1-3-15(11-17,13-6-7-13)18(2)10-12-4-8-14(16)9-5-12/h4-5,8-9,13H,3,6-7,10-11,17H2,1-2H3. The number of rotatable bonds is 6. The zero-order valence-electron chi connectivity index (χ0n) is 11.3. The zero-order valence-corrected chi connectivity index (χ0v) is 11.3. The summed E-state index contributed by atoms with van der Waals surface area (Å²) in [5.74, 6) is 0.558. The summed E-state index contributed by atoms with van der Waals surface area (Å²) in [6, 6.07) is 6.76. The Morgan fingerprint density at radius 1 is 1.33 bits per heavy atom. The highest BCUT2D eigenvalue weighted by molar-refractivity contribution is 5.17. The Kier molecular flexibility index (Phi) is 4.03. The van der Waals surface area contributed by atoms with Crippen LogP contribution < -0.4 is 5.73 Å². The Labute approximate surface area is 109 Å². The Balaban J connectivity index is 2.09. The molecule has 3 heteroatoms. The number of hydrogen-bond acceptors (Lipinski definition) is 2. The SMILES string of the molecule is CCC(CN)(C1CC1)N(C)Cc1ccc(F)cc1. The predicted octanol–water partition coefficient (Wildman–Crippen LogP) is 2.78. The van der Waals surface area contributed by atoms with E-state index in [4.69, 9.17) is 5.73 Å². The average Bonchev–Trinajstić information content (AvgIpc) is 3.19. The second-order valence-corrected chi connectivity index (χ2v) is 5.42. The molecule has 1 aromatic rings. The first-order chi connectivity index (χ1) is 8.62. The Morgan fingerprint density at radius 2 is 1.94 bits per heavy atom. The van der Waals surface area contributed by atoms with Crippen LogP contribution in [-0.4, -0.2) is 24.0 Å². The molecule has 2 rings (SSSR count). The average molecular weight is 250 g/mol. The topological polar surface area (TPSA) is 29.3 Å². The van der Waals surface area contributed by atoms with Crippen molar-refractivity contribution in [3.8, 4) is 0 Å². The van der Waals surface area contributed by atoms with E-state index in [1.165, 1.54) is 25.0 Å². The number of hydrogen-bond donors (Lipinski definition) is 1. The van der Waals surface area contributed by atoms with Crippen LogP contribution >= 0.6 is 0 Å². The van der Waals surface area contributed by atoms with Gasteiger partial charge in [0.1, 0.15) is 5.82 Å². The molecule has 0 aliphatic heterocycles. The van der Waals surface area contributed by atoms with Crippen LogP contribution in [0.15, 0.2) is 24.3 Å².